The summed E-state index contributed by atoms with van der Waals surface area (Å²) in [6, 6.07) is 7.56. The average molecular weight is 501 g/mol. The highest BCUT2D eigenvalue weighted by molar-refractivity contribution is 6.31. The molecule has 5 rings (SSSR count). The van der Waals surface area contributed by atoms with E-state index in [4.69, 9.17) is 22.1 Å². The number of nitrogens with one attached hydrogen (secondary N) is 1. The van der Waals surface area contributed by atoms with Crippen LogP contribution in [0.15, 0.2) is 35.3 Å². The minimum atomic E-state index is -3.15. The largest absolute Gasteiger partial charge is 0.489 e. The molecule has 1 aliphatic carbocycles. The summed E-state index contributed by atoms with van der Waals surface area (Å²) >= 11 is 6.09. The molecular weight excluding hydrogens is 485 g/mol. The van der Waals surface area contributed by atoms with Crippen molar-refractivity contribution in [2.24, 2.45) is 5.73 Å². The maximum Gasteiger partial charge on any atom is 0.333 e. The maximum absolute atomic E-state index is 15.4. The highest BCUT2D eigenvalue weighted by Crippen LogP contribution is 2.44. The number of hydrogen-bond acceptors (Lipinski definition) is 6. The zero-order valence-electron chi connectivity index (χ0n) is 17.9. The number of nitriles is 1. The molecule has 8 nitrogen and oxygen atoms in total. The van der Waals surface area contributed by atoms with E-state index in [0.717, 1.165) is 19.0 Å². The van der Waals surface area contributed by atoms with Crippen LogP contribution in [-0.2, 0) is 6.54 Å². The number of ether oxygens (including phenoxy) is 1. The van der Waals surface area contributed by atoms with E-state index in [9.17, 15) is 18.8 Å². The van der Waals surface area contributed by atoms with Crippen LogP contribution in [0.4, 0.5) is 13.2 Å². The molecule has 0 aliphatic heterocycles. The van der Waals surface area contributed by atoms with Gasteiger partial charge in [0.05, 0.1) is 39.7 Å². The Labute approximate surface area is 200 Å². The van der Waals surface area contributed by atoms with Gasteiger partial charge in [-0.1, -0.05) is 17.7 Å². The van der Waals surface area contributed by atoms with Crippen LogP contribution in [0.5, 0.6) is 5.75 Å². The quantitative estimate of drug-likeness (QED) is 0.401. The van der Waals surface area contributed by atoms with Crippen LogP contribution < -0.4 is 16.0 Å². The van der Waals surface area contributed by atoms with Gasteiger partial charge in [0.2, 0.25) is 0 Å². The first-order chi connectivity index (χ1) is 16.8. The Morgan fingerprint density at radius 2 is 2.09 bits per heavy atom. The van der Waals surface area contributed by atoms with Gasteiger partial charge in [0.1, 0.15) is 17.4 Å². The number of hydrogen-bond donors (Lipinski definition) is 2. The van der Waals surface area contributed by atoms with E-state index < -0.39 is 23.5 Å². The van der Waals surface area contributed by atoms with Crippen molar-refractivity contribution in [2.45, 2.75) is 32.0 Å². The van der Waals surface area contributed by atoms with Crippen molar-refractivity contribution >= 4 is 22.4 Å². The minimum absolute atomic E-state index is 0.00323. The molecule has 3 N–H and O–H groups in total. The van der Waals surface area contributed by atoms with Gasteiger partial charge in [-0.05, 0) is 30.5 Å². The van der Waals surface area contributed by atoms with E-state index in [2.05, 4.69) is 15.3 Å². The SMILES string of the molecule is N#Cc1c(OC2CC2)cc(Cl)c(F)c1-c1c(-c2ccc3c(=O)[nH]nc(CN)c3c2)cnn1C(F)F. The van der Waals surface area contributed by atoms with Crippen LogP contribution in [0.3, 0.4) is 0 Å². The fraction of sp³-hybridized carbons (Fsp3) is 0.217. The van der Waals surface area contributed by atoms with E-state index >= 15 is 4.39 Å². The van der Waals surface area contributed by atoms with Crippen molar-refractivity contribution in [3.05, 3.63) is 62.9 Å². The zero-order chi connectivity index (χ0) is 24.9. The lowest BCUT2D eigenvalue weighted by Crippen LogP contribution is -2.13. The topological polar surface area (TPSA) is 123 Å². The Morgan fingerprint density at radius 1 is 1.31 bits per heavy atom. The van der Waals surface area contributed by atoms with Crippen LogP contribution in [0.25, 0.3) is 33.2 Å². The maximum atomic E-state index is 15.4. The molecule has 2 aromatic carbocycles. The van der Waals surface area contributed by atoms with Gasteiger partial charge in [-0.2, -0.15) is 24.2 Å². The normalized spacial score (nSPS) is 13.4. The monoisotopic (exact) mass is 500 g/mol. The third kappa shape index (κ3) is 3.90. The van der Waals surface area contributed by atoms with Gasteiger partial charge in [-0.3, -0.25) is 4.79 Å². The number of nitrogens with two attached hydrogens (primary N) is 1. The first kappa shape index (κ1) is 22.9. The molecule has 35 heavy (non-hydrogen) atoms. The summed E-state index contributed by atoms with van der Waals surface area (Å²) in [5.41, 5.74) is 4.99. The second-order valence-corrected chi connectivity index (χ2v) is 8.35. The predicted octanol–water partition coefficient (Wildman–Crippen LogP) is 4.51. The fourth-order valence-corrected chi connectivity index (χ4v) is 4.10. The summed E-state index contributed by atoms with van der Waals surface area (Å²) in [6.45, 7) is -3.15. The number of aromatic amines is 1. The molecule has 0 atom stereocenters. The van der Waals surface area contributed by atoms with Gasteiger partial charge in [0, 0.05) is 23.6 Å². The second-order valence-electron chi connectivity index (χ2n) is 7.94. The number of rotatable bonds is 6. The van der Waals surface area contributed by atoms with Crippen molar-refractivity contribution in [1.82, 2.24) is 20.0 Å². The molecule has 178 valence electrons. The van der Waals surface area contributed by atoms with Crippen molar-refractivity contribution < 1.29 is 17.9 Å². The molecule has 1 saturated carbocycles. The number of fused-ring (bicyclic) bond motifs is 1. The Hall–Kier alpha value is -3.88. The van der Waals surface area contributed by atoms with E-state index in [1.165, 1.54) is 24.3 Å². The molecular formula is C23H16ClF3N6O2. The summed E-state index contributed by atoms with van der Waals surface area (Å²) in [6.07, 6.45) is 2.48. The molecule has 1 aliphatic rings. The number of alkyl halides is 2. The molecule has 0 saturated heterocycles. The Balaban J connectivity index is 1.81. The number of halogens is 4. The smallest absolute Gasteiger partial charge is 0.333 e. The van der Waals surface area contributed by atoms with Crippen molar-refractivity contribution in [3.8, 4) is 34.2 Å². The van der Waals surface area contributed by atoms with Crippen molar-refractivity contribution in [2.75, 3.05) is 0 Å². The molecule has 12 heteroatoms. The number of benzene rings is 2. The molecule has 0 unspecified atom stereocenters. The number of nitrogens with zero attached hydrogens (tertiary/aromatic N) is 4. The zero-order valence-corrected chi connectivity index (χ0v) is 18.6. The van der Waals surface area contributed by atoms with Crippen molar-refractivity contribution in [1.29, 1.82) is 5.26 Å². The average Bonchev–Trinajstić information content (AvgIpc) is 3.55. The summed E-state index contributed by atoms with van der Waals surface area (Å²) in [4.78, 5) is 12.2. The van der Waals surface area contributed by atoms with Gasteiger partial charge < -0.3 is 10.5 Å². The summed E-state index contributed by atoms with van der Waals surface area (Å²) < 4.78 is 49.5. The number of aromatic nitrogens is 4. The third-order valence-corrected chi connectivity index (χ3v) is 5.98. The molecule has 0 radical (unpaired) electrons. The Kier molecular flexibility index (Phi) is 5.70. The van der Waals surface area contributed by atoms with E-state index in [1.54, 1.807) is 0 Å². The van der Waals surface area contributed by atoms with Gasteiger partial charge in [0.15, 0.2) is 5.82 Å². The van der Waals surface area contributed by atoms with Gasteiger partial charge in [-0.25, -0.2) is 14.2 Å². The summed E-state index contributed by atoms with van der Waals surface area (Å²) in [5.74, 6) is -1.06. The van der Waals surface area contributed by atoms with Crippen LogP contribution in [0.1, 0.15) is 30.6 Å². The van der Waals surface area contributed by atoms with Crippen LogP contribution in [0, 0.1) is 17.1 Å². The molecule has 2 heterocycles. The Morgan fingerprint density at radius 3 is 2.74 bits per heavy atom. The fourth-order valence-electron chi connectivity index (χ4n) is 3.91. The first-order valence-electron chi connectivity index (χ1n) is 10.5. The van der Waals surface area contributed by atoms with Gasteiger partial charge >= 0.3 is 6.55 Å². The van der Waals surface area contributed by atoms with E-state index in [-0.39, 0.29) is 40.2 Å². The van der Waals surface area contributed by atoms with E-state index in [1.807, 2.05) is 6.07 Å². The molecule has 0 amide bonds. The van der Waals surface area contributed by atoms with Gasteiger partial charge in [0.25, 0.3) is 5.56 Å². The van der Waals surface area contributed by atoms with Crippen molar-refractivity contribution in [3.63, 3.8) is 0 Å². The van der Waals surface area contributed by atoms with Crippen LogP contribution >= 0.6 is 11.6 Å². The minimum Gasteiger partial charge on any atom is -0.489 e. The van der Waals surface area contributed by atoms with Crippen LogP contribution in [-0.4, -0.2) is 26.1 Å². The predicted molar refractivity (Wildman–Crippen MR) is 121 cm³/mol. The molecule has 1 fully saturated rings. The molecule has 0 bridgehead atoms. The van der Waals surface area contributed by atoms with E-state index in [0.29, 0.717) is 26.7 Å². The van der Waals surface area contributed by atoms with Gasteiger partial charge in [-0.15, -0.1) is 0 Å². The Bertz CT molecular complexity index is 1570. The molecule has 2 aromatic heterocycles. The first-order valence-corrected chi connectivity index (χ1v) is 10.9. The third-order valence-electron chi connectivity index (χ3n) is 5.70. The lowest BCUT2D eigenvalue weighted by atomic mass is 9.95. The molecule has 0 spiro atoms. The van der Waals surface area contributed by atoms with Crippen LogP contribution in [0.2, 0.25) is 5.02 Å². The second kappa shape index (κ2) is 8.72. The highest BCUT2D eigenvalue weighted by atomic mass is 35.5. The standard InChI is InChI=1S/C23H16ClF3N6O2/c24-16-6-18(35-11-2-3-11)14(7-28)19(20(16)25)21-15(9-30-33(21)23(26)27)10-1-4-12-13(5-10)17(8-29)31-32-22(12)34/h1,4-6,9,11,23H,2-3,8,29H2,(H,32,34). The summed E-state index contributed by atoms with van der Waals surface area (Å²) in [5, 5.41) is 20.2. The molecule has 4 aromatic rings. The summed E-state index contributed by atoms with van der Waals surface area (Å²) in [7, 11) is 0. The highest BCUT2D eigenvalue weighted by Gasteiger charge is 2.31. The lowest BCUT2D eigenvalue weighted by Gasteiger charge is -2.16. The number of H-pyrrole nitrogens is 1. The lowest BCUT2D eigenvalue weighted by molar-refractivity contribution is 0.0585.